The van der Waals surface area contributed by atoms with Gasteiger partial charge in [-0.2, -0.15) is 0 Å². The van der Waals surface area contributed by atoms with E-state index >= 15 is 0 Å². The Balaban J connectivity index is 1.30. The van der Waals surface area contributed by atoms with E-state index in [4.69, 9.17) is 4.98 Å². The van der Waals surface area contributed by atoms with E-state index in [-0.39, 0.29) is 11.8 Å². The second-order valence-electron chi connectivity index (χ2n) is 8.19. The average molecular weight is 445 g/mol. The van der Waals surface area contributed by atoms with Crippen LogP contribution in [0.2, 0.25) is 0 Å². The number of aryl methyl sites for hydroxylation is 1. The summed E-state index contributed by atoms with van der Waals surface area (Å²) in [4.78, 5) is 26.1. The van der Waals surface area contributed by atoms with Crippen molar-refractivity contribution in [3.05, 3.63) is 84.1 Å². The maximum atomic E-state index is 13.5. The van der Waals surface area contributed by atoms with E-state index in [9.17, 15) is 9.18 Å². The second kappa shape index (κ2) is 8.99. The van der Waals surface area contributed by atoms with Gasteiger partial charge in [0.2, 0.25) is 0 Å². The van der Waals surface area contributed by atoms with Crippen molar-refractivity contribution < 1.29 is 9.18 Å². The molecular formula is C25H25FN6O. The summed E-state index contributed by atoms with van der Waals surface area (Å²) in [5.74, 6) is 0.561. The number of benzene rings is 2. The molecule has 3 heterocycles. The maximum absolute atomic E-state index is 13.5. The number of pyridine rings is 1. The van der Waals surface area contributed by atoms with Gasteiger partial charge >= 0.3 is 6.03 Å². The van der Waals surface area contributed by atoms with E-state index < -0.39 is 0 Å². The lowest BCUT2D eigenvalue weighted by atomic mass is 10.2. The van der Waals surface area contributed by atoms with Crippen LogP contribution in [-0.4, -0.2) is 56.5 Å². The molecule has 168 valence electrons. The van der Waals surface area contributed by atoms with Crippen molar-refractivity contribution in [1.82, 2.24) is 24.3 Å². The second-order valence-corrected chi connectivity index (χ2v) is 8.19. The Hall–Kier alpha value is -3.78. The van der Waals surface area contributed by atoms with E-state index in [2.05, 4.69) is 15.2 Å². The molecule has 33 heavy (non-hydrogen) atoms. The minimum atomic E-state index is -0.280. The summed E-state index contributed by atoms with van der Waals surface area (Å²) in [5, 5.41) is 3.01. The first-order valence-corrected chi connectivity index (χ1v) is 11.0. The standard InChI is InChI=1S/C25H25FN6O/c1-18-5-2-3-6-21(18)29-25(33)31-15-13-30(14-16-31)17-23-28-22-7-4-12-27-24(22)32(23)20-10-8-19(26)9-11-20/h2-12H,13-17H2,1H3,(H,29,33). The Bertz CT molecular complexity index is 1280. The molecule has 0 spiro atoms. The molecular weight excluding hydrogens is 419 g/mol. The van der Waals surface area contributed by atoms with Crippen LogP contribution in [0.3, 0.4) is 0 Å². The van der Waals surface area contributed by atoms with Gasteiger partial charge in [-0.3, -0.25) is 9.47 Å². The number of halogens is 1. The molecule has 2 aromatic carbocycles. The van der Waals surface area contributed by atoms with Crippen molar-refractivity contribution >= 4 is 22.9 Å². The smallest absolute Gasteiger partial charge is 0.321 e. The van der Waals surface area contributed by atoms with Gasteiger partial charge < -0.3 is 10.2 Å². The average Bonchev–Trinajstić information content (AvgIpc) is 3.19. The number of anilines is 1. The van der Waals surface area contributed by atoms with Gasteiger partial charge in [0.05, 0.1) is 6.54 Å². The van der Waals surface area contributed by atoms with E-state index in [1.807, 2.05) is 52.8 Å². The molecule has 1 aliphatic heterocycles. The summed E-state index contributed by atoms with van der Waals surface area (Å²) < 4.78 is 15.5. The summed E-state index contributed by atoms with van der Waals surface area (Å²) >= 11 is 0. The van der Waals surface area contributed by atoms with Gasteiger partial charge in [0.25, 0.3) is 0 Å². The molecule has 0 aliphatic carbocycles. The van der Waals surface area contributed by atoms with Gasteiger partial charge in [-0.15, -0.1) is 0 Å². The fourth-order valence-corrected chi connectivity index (χ4v) is 4.14. The number of piperazine rings is 1. The van der Waals surface area contributed by atoms with Crippen molar-refractivity contribution in [3.8, 4) is 5.69 Å². The van der Waals surface area contributed by atoms with E-state index in [0.717, 1.165) is 47.0 Å². The van der Waals surface area contributed by atoms with Crippen molar-refractivity contribution in [1.29, 1.82) is 0 Å². The predicted octanol–water partition coefficient (Wildman–Crippen LogP) is 4.22. The number of aromatic nitrogens is 3. The highest BCUT2D eigenvalue weighted by Crippen LogP contribution is 2.22. The summed E-state index contributed by atoms with van der Waals surface area (Å²) in [7, 11) is 0. The van der Waals surface area contributed by atoms with Crippen LogP contribution in [-0.2, 0) is 6.54 Å². The first-order valence-electron chi connectivity index (χ1n) is 11.0. The summed E-state index contributed by atoms with van der Waals surface area (Å²) in [6.45, 7) is 5.33. The predicted molar refractivity (Wildman–Crippen MR) is 126 cm³/mol. The number of imidazole rings is 1. The molecule has 4 aromatic rings. The molecule has 1 N–H and O–H groups in total. The number of carbonyl (C=O) groups is 1. The first kappa shape index (κ1) is 21.1. The van der Waals surface area contributed by atoms with Crippen LogP contribution in [0.15, 0.2) is 66.9 Å². The third kappa shape index (κ3) is 4.42. The molecule has 2 aromatic heterocycles. The monoisotopic (exact) mass is 444 g/mol. The van der Waals surface area contributed by atoms with Crippen molar-refractivity contribution in [2.45, 2.75) is 13.5 Å². The molecule has 0 radical (unpaired) electrons. The summed E-state index contributed by atoms with van der Waals surface area (Å²) in [6.07, 6.45) is 1.74. The quantitative estimate of drug-likeness (QED) is 0.512. The number of hydrogen-bond donors (Lipinski definition) is 1. The third-order valence-corrected chi connectivity index (χ3v) is 5.98. The lowest BCUT2D eigenvalue weighted by molar-refractivity contribution is 0.140. The van der Waals surface area contributed by atoms with Crippen molar-refractivity contribution in [3.63, 3.8) is 0 Å². The SMILES string of the molecule is Cc1ccccc1NC(=O)N1CCN(Cc2nc3cccnc3n2-c2ccc(F)cc2)CC1. The Morgan fingerprint density at radius 1 is 1.00 bits per heavy atom. The lowest BCUT2D eigenvalue weighted by Crippen LogP contribution is -2.49. The molecule has 1 aliphatic rings. The van der Waals surface area contributed by atoms with Gasteiger partial charge in [-0.25, -0.2) is 19.2 Å². The molecule has 0 bridgehead atoms. The Kier molecular flexibility index (Phi) is 5.75. The topological polar surface area (TPSA) is 66.3 Å². The molecule has 0 atom stereocenters. The number of fused-ring (bicyclic) bond motifs is 1. The minimum Gasteiger partial charge on any atom is -0.322 e. The molecule has 5 rings (SSSR count). The number of para-hydroxylation sites is 1. The molecule has 2 amide bonds. The van der Waals surface area contributed by atoms with Gasteiger partial charge in [0.15, 0.2) is 5.65 Å². The summed E-state index contributed by atoms with van der Waals surface area (Å²) in [5.41, 5.74) is 4.25. The molecule has 8 heteroatoms. The maximum Gasteiger partial charge on any atom is 0.321 e. The number of hydrogen-bond acceptors (Lipinski definition) is 4. The van der Waals surface area contributed by atoms with Gasteiger partial charge in [0, 0.05) is 43.8 Å². The fraction of sp³-hybridized carbons (Fsp3) is 0.240. The fourth-order valence-electron chi connectivity index (χ4n) is 4.14. The molecule has 1 fully saturated rings. The number of nitrogens with zero attached hydrogens (tertiary/aromatic N) is 5. The van der Waals surface area contributed by atoms with Crippen LogP contribution in [0, 0.1) is 12.7 Å². The Morgan fingerprint density at radius 3 is 2.52 bits per heavy atom. The van der Waals surface area contributed by atoms with Crippen molar-refractivity contribution in [2.75, 3.05) is 31.5 Å². The lowest BCUT2D eigenvalue weighted by Gasteiger charge is -2.34. The molecule has 0 unspecified atom stereocenters. The van der Waals surface area contributed by atoms with Crippen molar-refractivity contribution in [2.24, 2.45) is 0 Å². The molecule has 1 saturated heterocycles. The van der Waals surface area contributed by atoms with E-state index in [1.54, 1.807) is 18.3 Å². The van der Waals surface area contributed by atoms with Crippen LogP contribution in [0.1, 0.15) is 11.4 Å². The van der Waals surface area contributed by atoms with Crippen LogP contribution in [0.4, 0.5) is 14.9 Å². The summed E-state index contributed by atoms with van der Waals surface area (Å²) in [6, 6.07) is 17.9. The van der Waals surface area contributed by atoms with Crippen LogP contribution in [0.25, 0.3) is 16.9 Å². The van der Waals surface area contributed by atoms with Gasteiger partial charge in [-0.1, -0.05) is 18.2 Å². The van der Waals surface area contributed by atoms with Gasteiger partial charge in [-0.05, 0) is 55.0 Å². The minimum absolute atomic E-state index is 0.0771. The number of nitrogens with one attached hydrogen (secondary N) is 1. The number of amides is 2. The molecule has 0 saturated carbocycles. The number of urea groups is 1. The van der Waals surface area contributed by atoms with Crippen LogP contribution < -0.4 is 5.32 Å². The highest BCUT2D eigenvalue weighted by molar-refractivity contribution is 5.90. The van der Waals surface area contributed by atoms with Crippen LogP contribution in [0.5, 0.6) is 0 Å². The Labute approximate surface area is 191 Å². The molecule has 7 nitrogen and oxygen atoms in total. The van der Waals surface area contributed by atoms with Gasteiger partial charge in [0.1, 0.15) is 17.2 Å². The normalized spacial score (nSPS) is 14.5. The highest BCUT2D eigenvalue weighted by Gasteiger charge is 2.23. The largest absolute Gasteiger partial charge is 0.322 e. The van der Waals surface area contributed by atoms with E-state index in [0.29, 0.717) is 19.6 Å². The zero-order chi connectivity index (χ0) is 22.8. The third-order valence-electron chi connectivity index (χ3n) is 5.98. The zero-order valence-electron chi connectivity index (χ0n) is 18.4. The number of carbonyl (C=O) groups excluding carboxylic acids is 1. The number of rotatable bonds is 4. The first-order chi connectivity index (χ1) is 16.1. The Morgan fingerprint density at radius 2 is 1.76 bits per heavy atom. The van der Waals surface area contributed by atoms with Crippen LogP contribution >= 0.6 is 0 Å². The zero-order valence-corrected chi connectivity index (χ0v) is 18.4. The van der Waals surface area contributed by atoms with E-state index in [1.165, 1.54) is 12.1 Å². The highest BCUT2D eigenvalue weighted by atomic mass is 19.1.